The van der Waals surface area contributed by atoms with Gasteiger partial charge in [0.25, 0.3) is 0 Å². The van der Waals surface area contributed by atoms with Crippen molar-refractivity contribution in [3.63, 3.8) is 0 Å². The van der Waals surface area contributed by atoms with Crippen LogP contribution in [0.2, 0.25) is 0 Å². The Labute approximate surface area is 48.8 Å². The zero-order valence-corrected chi connectivity index (χ0v) is 4.94. The number of nitrogens with two attached hydrogens (primary N) is 1. The van der Waals surface area contributed by atoms with Crippen LogP contribution in [0, 0.1) is 0 Å². The van der Waals surface area contributed by atoms with E-state index in [4.69, 9.17) is 5.73 Å². The average Bonchev–Trinajstić information content (AvgIpc) is 1.64. The Hall–Kier alpha value is -0.160. The Kier molecular flexibility index (Phi) is 1.80. The number of nitrogens with one attached hydrogen (secondary N) is 3. The van der Waals surface area contributed by atoms with Crippen LogP contribution in [0.5, 0.6) is 0 Å². The van der Waals surface area contributed by atoms with E-state index in [1.165, 1.54) is 0 Å². The lowest BCUT2D eigenvalue weighted by Crippen LogP contribution is -2.64. The molecule has 0 aromatic rings. The summed E-state index contributed by atoms with van der Waals surface area (Å²) in [5, 5.41) is 9.11. The lowest BCUT2D eigenvalue weighted by molar-refractivity contribution is 0.279. The van der Waals surface area contributed by atoms with E-state index in [1.54, 1.807) is 0 Å². The van der Waals surface area contributed by atoms with Crippen LogP contribution in [0.1, 0.15) is 6.92 Å². The van der Waals surface area contributed by atoms with Crippen molar-refractivity contribution in [3.8, 4) is 0 Å². The molecule has 1 fully saturated rings. The zero-order valence-electron chi connectivity index (χ0n) is 4.94. The van der Waals surface area contributed by atoms with Crippen LogP contribution in [0.15, 0.2) is 0 Å². The lowest BCUT2D eigenvalue weighted by atomic mass is 10.5. The van der Waals surface area contributed by atoms with Crippen molar-refractivity contribution in [1.29, 1.82) is 0 Å². The van der Waals surface area contributed by atoms with Gasteiger partial charge < -0.3 is 5.73 Å². The van der Waals surface area contributed by atoms with Gasteiger partial charge in [0.05, 0.1) is 6.17 Å². The van der Waals surface area contributed by atoms with Gasteiger partial charge in [-0.3, -0.25) is 16.0 Å². The fourth-order valence-electron chi connectivity index (χ4n) is 0.709. The Balaban J connectivity index is 2.23. The topological polar surface area (TPSA) is 62.1 Å². The molecule has 0 radical (unpaired) electrons. The molecular formula is C4H12N4. The standard InChI is InChI=1S/C4H12N4/c1-3-6-2-7-4(5)8-3/h3-4,6-8H,2,5H2,1H3. The van der Waals surface area contributed by atoms with Crippen LogP contribution >= 0.6 is 0 Å². The van der Waals surface area contributed by atoms with E-state index in [1.807, 2.05) is 6.92 Å². The SMILES string of the molecule is CC1NCNC(N)N1. The van der Waals surface area contributed by atoms with E-state index < -0.39 is 0 Å². The van der Waals surface area contributed by atoms with Gasteiger partial charge >= 0.3 is 0 Å². The Morgan fingerprint density at radius 2 is 2.25 bits per heavy atom. The molecular weight excluding hydrogens is 104 g/mol. The maximum atomic E-state index is 5.46. The van der Waals surface area contributed by atoms with Crippen molar-refractivity contribution < 1.29 is 0 Å². The summed E-state index contributed by atoms with van der Waals surface area (Å²) in [4.78, 5) is 0. The predicted octanol–water partition coefficient (Wildman–Crippen LogP) is -1.69. The molecule has 0 amide bonds. The summed E-state index contributed by atoms with van der Waals surface area (Å²) in [6.07, 6.45) is 0.275. The summed E-state index contributed by atoms with van der Waals surface area (Å²) in [5.74, 6) is 0. The number of hydrogen-bond donors (Lipinski definition) is 4. The highest BCUT2D eigenvalue weighted by molar-refractivity contribution is 4.67. The smallest absolute Gasteiger partial charge is 0.111 e. The normalized spacial score (nSPS) is 39.8. The third-order valence-electron chi connectivity index (χ3n) is 1.16. The number of hydrogen-bond acceptors (Lipinski definition) is 4. The number of rotatable bonds is 0. The van der Waals surface area contributed by atoms with Crippen molar-refractivity contribution in [3.05, 3.63) is 0 Å². The second-order valence-electron chi connectivity index (χ2n) is 1.95. The molecule has 4 nitrogen and oxygen atoms in total. The molecule has 48 valence electrons. The van der Waals surface area contributed by atoms with Gasteiger partial charge in [0, 0.05) is 6.67 Å². The van der Waals surface area contributed by atoms with Gasteiger partial charge in [-0.05, 0) is 6.92 Å². The van der Waals surface area contributed by atoms with Gasteiger partial charge in [-0.15, -0.1) is 0 Å². The summed E-state index contributed by atoms with van der Waals surface area (Å²) < 4.78 is 0. The fourth-order valence-corrected chi connectivity index (χ4v) is 0.709. The molecule has 0 bridgehead atoms. The quantitative estimate of drug-likeness (QED) is 0.305. The molecule has 0 aromatic carbocycles. The van der Waals surface area contributed by atoms with E-state index in [2.05, 4.69) is 16.0 Å². The summed E-state index contributed by atoms with van der Waals surface area (Å²) in [6, 6.07) is 0. The fraction of sp³-hybridized carbons (Fsp3) is 1.00. The van der Waals surface area contributed by atoms with Crippen molar-refractivity contribution >= 4 is 0 Å². The molecule has 1 aliphatic heterocycles. The van der Waals surface area contributed by atoms with E-state index in [-0.39, 0.29) is 6.29 Å². The van der Waals surface area contributed by atoms with Crippen molar-refractivity contribution in [2.75, 3.05) is 6.67 Å². The largest absolute Gasteiger partial charge is 0.304 e. The summed E-state index contributed by atoms with van der Waals surface area (Å²) >= 11 is 0. The summed E-state index contributed by atoms with van der Waals surface area (Å²) in [6.45, 7) is 2.82. The maximum Gasteiger partial charge on any atom is 0.111 e. The van der Waals surface area contributed by atoms with Crippen LogP contribution < -0.4 is 21.7 Å². The van der Waals surface area contributed by atoms with Gasteiger partial charge in [0.15, 0.2) is 0 Å². The minimum Gasteiger partial charge on any atom is -0.304 e. The van der Waals surface area contributed by atoms with Gasteiger partial charge in [-0.25, -0.2) is 0 Å². The molecule has 0 spiro atoms. The molecule has 4 heteroatoms. The van der Waals surface area contributed by atoms with E-state index >= 15 is 0 Å². The Morgan fingerprint density at radius 1 is 1.50 bits per heavy atom. The van der Waals surface area contributed by atoms with E-state index in [0.29, 0.717) is 6.17 Å². The van der Waals surface area contributed by atoms with Gasteiger partial charge in [-0.2, -0.15) is 0 Å². The molecule has 5 N–H and O–H groups in total. The van der Waals surface area contributed by atoms with Crippen molar-refractivity contribution in [1.82, 2.24) is 16.0 Å². The third kappa shape index (κ3) is 1.41. The Morgan fingerprint density at radius 3 is 2.62 bits per heavy atom. The zero-order chi connectivity index (χ0) is 5.98. The van der Waals surface area contributed by atoms with Crippen LogP contribution in [0.25, 0.3) is 0 Å². The molecule has 2 unspecified atom stereocenters. The third-order valence-corrected chi connectivity index (χ3v) is 1.16. The minimum atomic E-state index is -0.0498. The lowest BCUT2D eigenvalue weighted by Gasteiger charge is -2.27. The average molecular weight is 116 g/mol. The highest BCUT2D eigenvalue weighted by atomic mass is 15.4. The van der Waals surface area contributed by atoms with Crippen molar-refractivity contribution in [2.45, 2.75) is 19.4 Å². The van der Waals surface area contributed by atoms with Gasteiger partial charge in [0.2, 0.25) is 0 Å². The van der Waals surface area contributed by atoms with Gasteiger partial charge in [-0.1, -0.05) is 0 Å². The monoisotopic (exact) mass is 116 g/mol. The highest BCUT2D eigenvalue weighted by Crippen LogP contribution is 1.78. The second-order valence-corrected chi connectivity index (χ2v) is 1.95. The Bertz CT molecular complexity index is 66.4. The molecule has 1 aliphatic rings. The molecule has 0 saturated carbocycles. The first-order valence-electron chi connectivity index (χ1n) is 2.77. The molecule has 1 rings (SSSR count). The summed E-state index contributed by atoms with van der Waals surface area (Å²) in [5.41, 5.74) is 5.46. The van der Waals surface area contributed by atoms with E-state index in [0.717, 1.165) is 6.67 Å². The first kappa shape index (κ1) is 5.97. The molecule has 0 aromatic heterocycles. The van der Waals surface area contributed by atoms with Gasteiger partial charge in [0.1, 0.15) is 6.29 Å². The molecule has 0 aliphatic carbocycles. The summed E-state index contributed by atoms with van der Waals surface area (Å²) in [7, 11) is 0. The van der Waals surface area contributed by atoms with Crippen molar-refractivity contribution in [2.24, 2.45) is 5.73 Å². The highest BCUT2D eigenvalue weighted by Gasteiger charge is 2.10. The van der Waals surface area contributed by atoms with Crippen LogP contribution in [0.3, 0.4) is 0 Å². The maximum absolute atomic E-state index is 5.46. The van der Waals surface area contributed by atoms with Crippen LogP contribution in [-0.2, 0) is 0 Å². The second kappa shape index (κ2) is 2.41. The minimum absolute atomic E-state index is 0.0498. The molecule has 1 saturated heterocycles. The predicted molar refractivity (Wildman–Crippen MR) is 31.7 cm³/mol. The molecule has 8 heavy (non-hydrogen) atoms. The molecule has 2 atom stereocenters. The first-order valence-corrected chi connectivity index (χ1v) is 2.77. The molecule has 1 heterocycles. The van der Waals surface area contributed by atoms with Crippen LogP contribution in [-0.4, -0.2) is 19.1 Å². The van der Waals surface area contributed by atoms with E-state index in [9.17, 15) is 0 Å². The first-order chi connectivity index (χ1) is 3.79. The van der Waals surface area contributed by atoms with Crippen LogP contribution in [0.4, 0.5) is 0 Å².